The van der Waals surface area contributed by atoms with Gasteiger partial charge in [-0.25, -0.2) is 8.42 Å². The SMILES string of the molecule is O=S(=O)(CO)c1ccc(CO)cc1. The summed E-state index contributed by atoms with van der Waals surface area (Å²) < 4.78 is 22.2. The topological polar surface area (TPSA) is 74.6 Å². The van der Waals surface area contributed by atoms with Crippen LogP contribution in [0.2, 0.25) is 0 Å². The molecule has 0 radical (unpaired) electrons. The molecule has 0 unspecified atom stereocenters. The fourth-order valence-corrected chi connectivity index (χ4v) is 1.58. The summed E-state index contributed by atoms with van der Waals surface area (Å²) in [4.78, 5) is 0.0622. The van der Waals surface area contributed by atoms with Gasteiger partial charge in [-0.05, 0) is 17.7 Å². The van der Waals surface area contributed by atoms with E-state index in [0.717, 1.165) is 0 Å². The first kappa shape index (κ1) is 10.2. The first-order valence-electron chi connectivity index (χ1n) is 3.63. The van der Waals surface area contributed by atoms with E-state index in [1.807, 2.05) is 0 Å². The molecule has 72 valence electrons. The van der Waals surface area contributed by atoms with E-state index in [1.165, 1.54) is 24.3 Å². The van der Waals surface area contributed by atoms with Gasteiger partial charge in [0.2, 0.25) is 9.84 Å². The van der Waals surface area contributed by atoms with Crippen LogP contribution in [0.15, 0.2) is 29.2 Å². The molecule has 0 heterocycles. The monoisotopic (exact) mass is 202 g/mol. The number of sulfone groups is 1. The van der Waals surface area contributed by atoms with Crippen molar-refractivity contribution >= 4 is 9.84 Å². The van der Waals surface area contributed by atoms with E-state index < -0.39 is 15.8 Å². The summed E-state index contributed by atoms with van der Waals surface area (Å²) in [5.41, 5.74) is 0.636. The molecule has 0 spiro atoms. The van der Waals surface area contributed by atoms with Crippen molar-refractivity contribution in [3.05, 3.63) is 29.8 Å². The Bertz CT molecular complexity index is 366. The zero-order valence-corrected chi connectivity index (χ0v) is 7.66. The Morgan fingerprint density at radius 2 is 1.62 bits per heavy atom. The first-order chi connectivity index (χ1) is 6.10. The average Bonchev–Trinajstić information content (AvgIpc) is 2.18. The highest BCUT2D eigenvalue weighted by Gasteiger charge is 2.11. The summed E-state index contributed by atoms with van der Waals surface area (Å²) in [5.74, 6) is -0.897. The molecule has 13 heavy (non-hydrogen) atoms. The predicted molar refractivity (Wildman–Crippen MR) is 46.6 cm³/mol. The molecule has 0 fully saturated rings. The molecule has 0 aliphatic heterocycles. The van der Waals surface area contributed by atoms with Crippen molar-refractivity contribution in [3.8, 4) is 0 Å². The van der Waals surface area contributed by atoms with Gasteiger partial charge in [0.15, 0.2) is 0 Å². The number of aliphatic hydroxyl groups is 2. The minimum absolute atomic E-state index is 0.0622. The summed E-state index contributed by atoms with van der Waals surface area (Å²) in [6.07, 6.45) is 0. The van der Waals surface area contributed by atoms with Gasteiger partial charge in [0.25, 0.3) is 0 Å². The lowest BCUT2D eigenvalue weighted by Gasteiger charge is -2.01. The highest BCUT2D eigenvalue weighted by molar-refractivity contribution is 7.91. The predicted octanol–water partition coefficient (Wildman–Crippen LogP) is -0.0976. The summed E-state index contributed by atoms with van der Waals surface area (Å²) in [6.45, 7) is -0.126. The molecule has 1 rings (SSSR count). The second kappa shape index (κ2) is 3.87. The minimum Gasteiger partial charge on any atom is -0.392 e. The van der Waals surface area contributed by atoms with Gasteiger partial charge < -0.3 is 10.2 Å². The Morgan fingerprint density at radius 1 is 1.08 bits per heavy atom. The fourth-order valence-electron chi connectivity index (χ4n) is 0.877. The molecule has 0 bridgehead atoms. The zero-order chi connectivity index (χ0) is 9.90. The quantitative estimate of drug-likeness (QED) is 0.718. The highest BCUT2D eigenvalue weighted by atomic mass is 32.2. The van der Waals surface area contributed by atoms with E-state index >= 15 is 0 Å². The van der Waals surface area contributed by atoms with E-state index in [2.05, 4.69) is 0 Å². The Hall–Kier alpha value is -0.910. The molecule has 1 aromatic rings. The number of hydrogen-bond donors (Lipinski definition) is 2. The van der Waals surface area contributed by atoms with Crippen LogP contribution >= 0.6 is 0 Å². The van der Waals surface area contributed by atoms with Crippen molar-refractivity contribution in [3.63, 3.8) is 0 Å². The van der Waals surface area contributed by atoms with Crippen LogP contribution in [0.25, 0.3) is 0 Å². The van der Waals surface area contributed by atoms with Gasteiger partial charge in [-0.3, -0.25) is 0 Å². The standard InChI is InChI=1S/C8H10O4S/c9-5-7-1-3-8(4-2-7)13(11,12)6-10/h1-4,9-10H,5-6H2. The van der Waals surface area contributed by atoms with E-state index in [1.54, 1.807) is 0 Å². The third kappa shape index (κ3) is 2.27. The maximum Gasteiger partial charge on any atom is 0.202 e. The van der Waals surface area contributed by atoms with Crippen molar-refractivity contribution in [2.45, 2.75) is 11.5 Å². The van der Waals surface area contributed by atoms with Gasteiger partial charge >= 0.3 is 0 Å². The van der Waals surface area contributed by atoms with Gasteiger partial charge in [-0.1, -0.05) is 12.1 Å². The Labute approximate surface area is 76.4 Å². The van der Waals surface area contributed by atoms with E-state index in [9.17, 15) is 8.42 Å². The smallest absolute Gasteiger partial charge is 0.202 e. The van der Waals surface area contributed by atoms with Crippen LogP contribution in [0, 0.1) is 0 Å². The second-order valence-corrected chi connectivity index (χ2v) is 4.51. The van der Waals surface area contributed by atoms with Gasteiger partial charge in [-0.2, -0.15) is 0 Å². The second-order valence-electron chi connectivity index (χ2n) is 2.55. The lowest BCUT2D eigenvalue weighted by molar-refractivity contribution is 0.282. The summed E-state index contributed by atoms with van der Waals surface area (Å²) in [7, 11) is -3.55. The van der Waals surface area contributed by atoms with Crippen molar-refractivity contribution in [2.24, 2.45) is 0 Å². The van der Waals surface area contributed by atoms with Gasteiger partial charge in [0, 0.05) is 0 Å². The third-order valence-corrected chi connectivity index (χ3v) is 2.97. The van der Waals surface area contributed by atoms with Crippen LogP contribution in [0.4, 0.5) is 0 Å². The molecule has 0 aromatic heterocycles. The molecule has 0 aliphatic rings. The lowest BCUT2D eigenvalue weighted by atomic mass is 10.2. The van der Waals surface area contributed by atoms with Gasteiger partial charge in [0.05, 0.1) is 11.5 Å². The van der Waals surface area contributed by atoms with E-state index in [4.69, 9.17) is 10.2 Å². The number of rotatable bonds is 3. The fraction of sp³-hybridized carbons (Fsp3) is 0.250. The molecular weight excluding hydrogens is 192 g/mol. The van der Waals surface area contributed by atoms with E-state index in [0.29, 0.717) is 5.56 Å². The molecular formula is C8H10O4S. The minimum atomic E-state index is -3.55. The maximum atomic E-state index is 11.1. The van der Waals surface area contributed by atoms with Crippen molar-refractivity contribution in [1.82, 2.24) is 0 Å². The zero-order valence-electron chi connectivity index (χ0n) is 6.84. The largest absolute Gasteiger partial charge is 0.392 e. The number of hydrogen-bond acceptors (Lipinski definition) is 4. The molecule has 0 amide bonds. The van der Waals surface area contributed by atoms with Crippen LogP contribution < -0.4 is 0 Å². The summed E-state index contributed by atoms with van der Waals surface area (Å²) in [6, 6.07) is 5.72. The summed E-state index contributed by atoms with van der Waals surface area (Å²) in [5, 5.41) is 17.2. The molecule has 0 aliphatic carbocycles. The number of benzene rings is 1. The van der Waals surface area contributed by atoms with Gasteiger partial charge in [0.1, 0.15) is 5.94 Å². The van der Waals surface area contributed by atoms with Crippen LogP contribution in [0.1, 0.15) is 5.56 Å². The normalized spacial score (nSPS) is 11.5. The average molecular weight is 202 g/mol. The Balaban J connectivity index is 3.06. The maximum absolute atomic E-state index is 11.1. The first-order valence-corrected chi connectivity index (χ1v) is 5.29. The van der Waals surface area contributed by atoms with Gasteiger partial charge in [-0.15, -0.1) is 0 Å². The molecule has 0 saturated carbocycles. The molecule has 1 aromatic carbocycles. The van der Waals surface area contributed by atoms with Crippen molar-refractivity contribution < 1.29 is 18.6 Å². The molecule has 0 saturated heterocycles. The van der Waals surface area contributed by atoms with Crippen LogP contribution in [-0.4, -0.2) is 24.6 Å². The number of aliphatic hydroxyl groups excluding tert-OH is 2. The highest BCUT2D eigenvalue weighted by Crippen LogP contribution is 2.11. The van der Waals surface area contributed by atoms with Crippen LogP contribution in [0.5, 0.6) is 0 Å². The summed E-state index contributed by atoms with van der Waals surface area (Å²) >= 11 is 0. The Morgan fingerprint density at radius 3 is 2.00 bits per heavy atom. The molecule has 0 atom stereocenters. The molecule has 2 N–H and O–H groups in total. The third-order valence-electron chi connectivity index (χ3n) is 1.64. The molecule has 4 nitrogen and oxygen atoms in total. The van der Waals surface area contributed by atoms with Crippen LogP contribution in [-0.2, 0) is 16.4 Å². The lowest BCUT2D eigenvalue weighted by Crippen LogP contribution is -2.05. The molecule has 5 heteroatoms. The van der Waals surface area contributed by atoms with Crippen LogP contribution in [0.3, 0.4) is 0 Å². The Kier molecular flexibility index (Phi) is 3.02. The van der Waals surface area contributed by atoms with Crippen molar-refractivity contribution in [2.75, 3.05) is 5.94 Å². The van der Waals surface area contributed by atoms with E-state index in [-0.39, 0.29) is 11.5 Å². The van der Waals surface area contributed by atoms with Crippen molar-refractivity contribution in [1.29, 1.82) is 0 Å².